The lowest BCUT2D eigenvalue weighted by atomic mass is 9.85. The number of aliphatic hydroxyl groups excluding tert-OH is 1. The molecule has 1 saturated heterocycles. The van der Waals surface area contributed by atoms with E-state index < -0.39 is 17.7 Å². The summed E-state index contributed by atoms with van der Waals surface area (Å²) in [7, 11) is 0. The fourth-order valence-electron chi connectivity index (χ4n) is 4.85. The highest BCUT2D eigenvalue weighted by Gasteiger charge is 2.46. The van der Waals surface area contributed by atoms with Gasteiger partial charge < -0.3 is 19.6 Å². The molecule has 3 rings (SSSR count). The fourth-order valence-corrected chi connectivity index (χ4v) is 4.85. The van der Waals surface area contributed by atoms with Crippen LogP contribution >= 0.6 is 0 Å². The Labute approximate surface area is 228 Å². The Kier molecular flexibility index (Phi) is 9.77. The molecule has 1 fully saturated rings. The molecule has 1 heterocycles. The number of aryl methyl sites for hydroxylation is 1. The van der Waals surface area contributed by atoms with Crippen LogP contribution in [0.3, 0.4) is 0 Å². The summed E-state index contributed by atoms with van der Waals surface area (Å²) in [5.41, 5.74) is 3.46. The predicted octanol–water partition coefficient (Wildman–Crippen LogP) is 6.23. The molecule has 0 spiro atoms. The molecule has 0 aliphatic carbocycles. The minimum absolute atomic E-state index is 0.0262. The van der Waals surface area contributed by atoms with Gasteiger partial charge in [0.15, 0.2) is 0 Å². The maximum Gasteiger partial charge on any atom is 0.295 e. The van der Waals surface area contributed by atoms with Gasteiger partial charge in [-0.3, -0.25) is 9.59 Å². The van der Waals surface area contributed by atoms with E-state index in [0.29, 0.717) is 25.3 Å². The molecule has 0 aromatic heterocycles. The van der Waals surface area contributed by atoms with Crippen LogP contribution in [0.15, 0.2) is 48.0 Å². The van der Waals surface area contributed by atoms with Crippen LogP contribution in [-0.2, 0) is 15.0 Å². The number of aliphatic hydroxyl groups is 1. The molecule has 1 atom stereocenters. The van der Waals surface area contributed by atoms with Crippen LogP contribution in [0, 0.1) is 6.92 Å². The summed E-state index contributed by atoms with van der Waals surface area (Å²) in [6, 6.07) is 12.8. The Morgan fingerprint density at radius 2 is 1.68 bits per heavy atom. The monoisotopic (exact) mass is 520 g/mol. The van der Waals surface area contributed by atoms with Gasteiger partial charge in [0.1, 0.15) is 11.5 Å². The number of rotatable bonds is 11. The molecule has 1 aliphatic heterocycles. The highest BCUT2D eigenvalue weighted by molar-refractivity contribution is 6.46. The van der Waals surface area contributed by atoms with Crippen molar-refractivity contribution in [1.82, 2.24) is 9.80 Å². The van der Waals surface area contributed by atoms with E-state index in [1.165, 1.54) is 0 Å². The molecule has 1 aliphatic rings. The average molecular weight is 521 g/mol. The number of hydrogen-bond donors (Lipinski definition) is 1. The Bertz CT molecular complexity index is 1160. The summed E-state index contributed by atoms with van der Waals surface area (Å²) >= 11 is 0. The fraction of sp³-hybridized carbons (Fsp3) is 0.500. The minimum Gasteiger partial charge on any atom is -0.507 e. The van der Waals surface area contributed by atoms with Gasteiger partial charge in [0, 0.05) is 18.7 Å². The first-order valence-corrected chi connectivity index (χ1v) is 13.9. The van der Waals surface area contributed by atoms with Gasteiger partial charge in [-0.2, -0.15) is 0 Å². The lowest BCUT2D eigenvalue weighted by Gasteiger charge is -2.28. The summed E-state index contributed by atoms with van der Waals surface area (Å²) < 4.78 is 5.87. The molecular formula is C32H44N2O4. The van der Waals surface area contributed by atoms with Gasteiger partial charge in [-0.25, -0.2) is 0 Å². The Hall–Kier alpha value is -3.12. The second-order valence-electron chi connectivity index (χ2n) is 11.1. The second kappa shape index (κ2) is 12.6. The summed E-state index contributed by atoms with van der Waals surface area (Å²) in [5.74, 6) is -0.612. The van der Waals surface area contributed by atoms with E-state index in [1.54, 1.807) is 11.0 Å². The maximum atomic E-state index is 13.4. The number of Topliss-reactive ketones (excluding diaryl/α,β-unsaturated/α-hetero) is 1. The van der Waals surface area contributed by atoms with Crippen LogP contribution in [0.25, 0.3) is 5.76 Å². The van der Waals surface area contributed by atoms with Crippen molar-refractivity contribution in [2.24, 2.45) is 0 Å². The van der Waals surface area contributed by atoms with Gasteiger partial charge in [0.2, 0.25) is 0 Å². The first kappa shape index (κ1) is 29.4. The first-order valence-electron chi connectivity index (χ1n) is 13.9. The number of carbonyl (C=O) groups excluding carboxylic acids is 2. The molecule has 6 heteroatoms. The number of unbranched alkanes of at least 4 members (excludes halogenated alkanes) is 1. The van der Waals surface area contributed by atoms with E-state index in [4.69, 9.17) is 4.74 Å². The molecule has 2 aromatic rings. The largest absolute Gasteiger partial charge is 0.507 e. The summed E-state index contributed by atoms with van der Waals surface area (Å²) in [6.45, 7) is 18.0. The van der Waals surface area contributed by atoms with Crippen molar-refractivity contribution >= 4 is 17.4 Å². The predicted molar refractivity (Wildman–Crippen MR) is 154 cm³/mol. The molecule has 206 valence electrons. The van der Waals surface area contributed by atoms with Gasteiger partial charge in [-0.05, 0) is 66.7 Å². The number of benzene rings is 2. The number of amides is 1. The Balaban J connectivity index is 2.07. The first-order chi connectivity index (χ1) is 18.0. The zero-order valence-electron chi connectivity index (χ0n) is 24.1. The molecule has 0 unspecified atom stereocenters. The van der Waals surface area contributed by atoms with Crippen molar-refractivity contribution in [1.29, 1.82) is 0 Å². The molecular weight excluding hydrogens is 476 g/mol. The molecule has 1 N–H and O–H groups in total. The molecule has 0 saturated carbocycles. The number of carbonyl (C=O) groups is 2. The summed E-state index contributed by atoms with van der Waals surface area (Å²) in [5, 5.41) is 11.5. The van der Waals surface area contributed by atoms with Gasteiger partial charge >= 0.3 is 0 Å². The summed E-state index contributed by atoms with van der Waals surface area (Å²) in [6.07, 6.45) is 2.01. The van der Waals surface area contributed by atoms with Crippen molar-refractivity contribution in [2.45, 2.75) is 72.8 Å². The van der Waals surface area contributed by atoms with Crippen molar-refractivity contribution in [2.75, 3.05) is 32.8 Å². The Morgan fingerprint density at radius 3 is 2.24 bits per heavy atom. The van der Waals surface area contributed by atoms with Gasteiger partial charge in [0.05, 0.1) is 18.2 Å². The van der Waals surface area contributed by atoms with Crippen molar-refractivity contribution in [3.8, 4) is 5.75 Å². The Morgan fingerprint density at radius 1 is 1.03 bits per heavy atom. The van der Waals surface area contributed by atoms with E-state index in [9.17, 15) is 14.7 Å². The molecule has 0 radical (unpaired) electrons. The minimum atomic E-state index is -0.652. The molecule has 2 aromatic carbocycles. The van der Waals surface area contributed by atoms with E-state index >= 15 is 0 Å². The zero-order chi connectivity index (χ0) is 28.0. The summed E-state index contributed by atoms with van der Waals surface area (Å²) in [4.78, 5) is 30.6. The average Bonchev–Trinajstić information content (AvgIpc) is 3.14. The third-order valence-electron chi connectivity index (χ3n) is 7.39. The van der Waals surface area contributed by atoms with Crippen LogP contribution in [0.5, 0.6) is 5.75 Å². The van der Waals surface area contributed by atoms with E-state index in [-0.39, 0.29) is 16.7 Å². The number of ether oxygens (including phenoxy) is 1. The van der Waals surface area contributed by atoms with Crippen molar-refractivity contribution < 1.29 is 19.4 Å². The number of likely N-dealkylation sites (N-methyl/N-ethyl adjacent to an activating group) is 1. The van der Waals surface area contributed by atoms with E-state index in [0.717, 1.165) is 48.4 Å². The number of ketones is 1. The number of hydrogen-bond acceptors (Lipinski definition) is 5. The zero-order valence-corrected chi connectivity index (χ0v) is 24.1. The van der Waals surface area contributed by atoms with Crippen molar-refractivity contribution in [3.05, 3.63) is 70.3 Å². The standard InChI is InChI=1S/C32H44N2O4/c1-8-11-20-38-26-17-14-24(21-22(26)4)29(35)27-28(23-12-15-25(16-13-23)32(5,6)7)34(31(37)30(27)36)19-18-33(9-2)10-3/h12-17,21,28,35H,8-11,18-20H2,1-7H3/b29-27+/t28-/m0/s1. The van der Waals surface area contributed by atoms with Crippen LogP contribution in [-0.4, -0.2) is 59.4 Å². The van der Waals surface area contributed by atoms with Crippen LogP contribution in [0.2, 0.25) is 0 Å². The number of nitrogens with zero attached hydrogens (tertiary/aromatic N) is 2. The third-order valence-corrected chi connectivity index (χ3v) is 7.39. The lowest BCUT2D eigenvalue weighted by Crippen LogP contribution is -2.38. The van der Waals surface area contributed by atoms with Gasteiger partial charge in [0.25, 0.3) is 11.7 Å². The molecule has 0 bridgehead atoms. The van der Waals surface area contributed by atoms with Crippen LogP contribution in [0.1, 0.15) is 82.7 Å². The van der Waals surface area contributed by atoms with Crippen molar-refractivity contribution in [3.63, 3.8) is 0 Å². The number of likely N-dealkylation sites (tertiary alicyclic amines) is 1. The topological polar surface area (TPSA) is 70.1 Å². The maximum absolute atomic E-state index is 13.4. The van der Waals surface area contributed by atoms with Gasteiger partial charge in [-0.15, -0.1) is 0 Å². The molecule has 6 nitrogen and oxygen atoms in total. The quantitative estimate of drug-likeness (QED) is 0.164. The second-order valence-corrected chi connectivity index (χ2v) is 11.1. The van der Waals surface area contributed by atoms with Crippen LogP contribution in [0.4, 0.5) is 0 Å². The lowest BCUT2D eigenvalue weighted by molar-refractivity contribution is -0.140. The molecule has 38 heavy (non-hydrogen) atoms. The highest BCUT2D eigenvalue weighted by Crippen LogP contribution is 2.40. The van der Waals surface area contributed by atoms with Gasteiger partial charge in [-0.1, -0.05) is 72.2 Å². The third kappa shape index (κ3) is 6.47. The van der Waals surface area contributed by atoms with E-state index in [2.05, 4.69) is 46.4 Å². The SMILES string of the molecule is CCCCOc1ccc(/C(O)=C2\C(=O)C(=O)N(CCN(CC)CC)[C@H]2c2ccc(C(C)(C)C)cc2)cc1C. The normalized spacial score (nSPS) is 17.5. The van der Waals surface area contributed by atoms with E-state index in [1.807, 2.05) is 43.3 Å². The highest BCUT2D eigenvalue weighted by atomic mass is 16.5. The smallest absolute Gasteiger partial charge is 0.295 e. The molecule has 1 amide bonds. The van der Waals surface area contributed by atoms with Crippen LogP contribution < -0.4 is 4.74 Å².